The van der Waals surface area contributed by atoms with Gasteiger partial charge in [-0.05, 0) is 48.4 Å². The molecule has 3 aromatic carbocycles. The molecule has 0 saturated carbocycles. The van der Waals surface area contributed by atoms with Crippen molar-refractivity contribution in [2.75, 3.05) is 41.7 Å². The van der Waals surface area contributed by atoms with Crippen molar-refractivity contribution in [2.24, 2.45) is 0 Å². The lowest BCUT2D eigenvalue weighted by atomic mass is 10.2. The van der Waals surface area contributed by atoms with Gasteiger partial charge >= 0.3 is 6.03 Å². The summed E-state index contributed by atoms with van der Waals surface area (Å²) in [6.07, 6.45) is 1.71. The van der Waals surface area contributed by atoms with E-state index in [1.807, 2.05) is 60.7 Å². The summed E-state index contributed by atoms with van der Waals surface area (Å²) in [4.78, 5) is 30.2. The van der Waals surface area contributed by atoms with Crippen molar-refractivity contribution in [1.29, 1.82) is 0 Å². The zero-order valence-corrected chi connectivity index (χ0v) is 21.1. The third-order valence-electron chi connectivity index (χ3n) is 6.59. The van der Waals surface area contributed by atoms with Crippen molar-refractivity contribution in [1.82, 2.24) is 14.7 Å². The average molecular weight is 513 g/mol. The first-order chi connectivity index (χ1) is 18.5. The van der Waals surface area contributed by atoms with E-state index >= 15 is 0 Å². The predicted octanol–water partition coefficient (Wildman–Crippen LogP) is 4.65. The van der Waals surface area contributed by atoms with Crippen LogP contribution >= 0.6 is 0 Å². The topological polar surface area (TPSA) is 82.5 Å². The molecule has 0 aliphatic carbocycles. The fraction of sp³-hybridized carbons (Fsp3) is 0.207. The zero-order valence-electron chi connectivity index (χ0n) is 21.1. The molecule has 1 aliphatic rings. The first-order valence-electron chi connectivity index (χ1n) is 12.5. The van der Waals surface area contributed by atoms with Crippen LogP contribution in [-0.2, 0) is 6.54 Å². The number of hydrogen-bond donors (Lipinski definition) is 2. The summed E-state index contributed by atoms with van der Waals surface area (Å²) in [5, 5.41) is 10.6. The Balaban J connectivity index is 1.34. The van der Waals surface area contributed by atoms with Gasteiger partial charge in [-0.1, -0.05) is 48.5 Å². The van der Waals surface area contributed by atoms with Crippen molar-refractivity contribution in [3.63, 3.8) is 0 Å². The molecular formula is C29H29FN6O2. The predicted molar refractivity (Wildman–Crippen MR) is 148 cm³/mol. The summed E-state index contributed by atoms with van der Waals surface area (Å²) in [5.41, 5.74) is 3.69. The zero-order chi connectivity index (χ0) is 26.5. The molecule has 0 atom stereocenters. The molecule has 4 aromatic rings. The SMILES string of the molecule is Cc1cc(NC(=O)N2CCN(c3cnn(-c4ccccc4)c(=O)c3NCc3ccccc3)CC2)ccc1F. The Morgan fingerprint density at radius 2 is 1.63 bits per heavy atom. The molecule has 2 N–H and O–H groups in total. The first kappa shape index (κ1) is 25.0. The summed E-state index contributed by atoms with van der Waals surface area (Å²) in [5.74, 6) is -0.309. The number of nitrogens with one attached hydrogen (secondary N) is 2. The molecule has 1 aliphatic heterocycles. The number of piperazine rings is 1. The fourth-order valence-corrected chi connectivity index (χ4v) is 4.47. The molecule has 2 amide bonds. The van der Waals surface area contributed by atoms with Gasteiger partial charge in [0.1, 0.15) is 11.5 Å². The van der Waals surface area contributed by atoms with E-state index in [-0.39, 0.29) is 17.4 Å². The van der Waals surface area contributed by atoms with E-state index < -0.39 is 0 Å². The number of carbonyl (C=O) groups is 1. The minimum absolute atomic E-state index is 0.239. The number of urea groups is 1. The fourth-order valence-electron chi connectivity index (χ4n) is 4.47. The number of aryl methyl sites for hydroxylation is 1. The Morgan fingerprint density at radius 3 is 2.32 bits per heavy atom. The molecule has 9 heteroatoms. The molecule has 1 aromatic heterocycles. The van der Waals surface area contributed by atoms with E-state index in [1.54, 1.807) is 30.2 Å². The standard InChI is InChI=1S/C29H29FN6O2/c1-21-18-23(12-13-25(21)30)33-29(38)35-16-14-34(15-17-35)26-20-32-36(24-10-6-3-7-11-24)28(37)27(26)31-19-22-8-4-2-5-9-22/h2-13,18,20,31H,14-17,19H2,1H3,(H,33,38). The number of nitrogens with zero attached hydrogens (tertiary/aromatic N) is 4. The molecule has 1 fully saturated rings. The number of para-hydroxylation sites is 1. The minimum atomic E-state index is -0.309. The highest BCUT2D eigenvalue weighted by Gasteiger charge is 2.25. The maximum absolute atomic E-state index is 13.6. The molecule has 5 rings (SSSR count). The van der Waals surface area contributed by atoms with Gasteiger partial charge in [-0.3, -0.25) is 4.79 Å². The molecule has 38 heavy (non-hydrogen) atoms. The van der Waals surface area contributed by atoms with Crippen LogP contribution in [0.25, 0.3) is 5.69 Å². The third kappa shape index (κ3) is 5.51. The molecule has 1 saturated heterocycles. The quantitative estimate of drug-likeness (QED) is 0.393. The summed E-state index contributed by atoms with van der Waals surface area (Å²) >= 11 is 0. The van der Waals surface area contributed by atoms with E-state index in [9.17, 15) is 14.0 Å². The van der Waals surface area contributed by atoms with E-state index in [4.69, 9.17) is 0 Å². The number of anilines is 3. The van der Waals surface area contributed by atoms with Gasteiger partial charge in [0, 0.05) is 38.4 Å². The highest BCUT2D eigenvalue weighted by molar-refractivity contribution is 5.89. The number of amides is 2. The van der Waals surface area contributed by atoms with Gasteiger partial charge in [0.2, 0.25) is 0 Å². The van der Waals surface area contributed by atoms with Crippen molar-refractivity contribution in [3.8, 4) is 5.69 Å². The minimum Gasteiger partial charge on any atom is -0.375 e. The van der Waals surface area contributed by atoms with Gasteiger partial charge in [-0.15, -0.1) is 0 Å². The van der Waals surface area contributed by atoms with Gasteiger partial charge in [0.25, 0.3) is 5.56 Å². The lowest BCUT2D eigenvalue weighted by Gasteiger charge is -2.36. The van der Waals surface area contributed by atoms with Gasteiger partial charge < -0.3 is 20.4 Å². The Morgan fingerprint density at radius 1 is 0.947 bits per heavy atom. The van der Waals surface area contributed by atoms with Crippen LogP contribution in [0.3, 0.4) is 0 Å². The summed E-state index contributed by atoms with van der Waals surface area (Å²) < 4.78 is 15.0. The maximum atomic E-state index is 13.6. The van der Waals surface area contributed by atoms with Crippen molar-refractivity contribution in [2.45, 2.75) is 13.5 Å². The number of carbonyl (C=O) groups excluding carboxylic acids is 1. The second-order valence-corrected chi connectivity index (χ2v) is 9.16. The lowest BCUT2D eigenvalue weighted by molar-refractivity contribution is 0.208. The number of benzene rings is 3. The van der Waals surface area contributed by atoms with E-state index in [0.29, 0.717) is 61.0 Å². The Labute approximate surface area is 220 Å². The van der Waals surface area contributed by atoms with E-state index in [0.717, 1.165) is 5.56 Å². The van der Waals surface area contributed by atoms with Gasteiger partial charge in [0.15, 0.2) is 0 Å². The Hall–Kier alpha value is -4.66. The molecule has 2 heterocycles. The monoisotopic (exact) mass is 512 g/mol. The van der Waals surface area contributed by atoms with Crippen LogP contribution in [0.4, 0.5) is 26.2 Å². The molecule has 8 nitrogen and oxygen atoms in total. The number of rotatable bonds is 6. The summed E-state index contributed by atoms with van der Waals surface area (Å²) in [6, 6.07) is 23.5. The maximum Gasteiger partial charge on any atom is 0.321 e. The molecule has 0 unspecified atom stereocenters. The number of hydrogen-bond acceptors (Lipinski definition) is 5. The van der Waals surface area contributed by atoms with E-state index in [2.05, 4.69) is 20.6 Å². The number of halogens is 1. The lowest BCUT2D eigenvalue weighted by Crippen LogP contribution is -2.50. The first-order valence-corrected chi connectivity index (χ1v) is 12.5. The smallest absolute Gasteiger partial charge is 0.321 e. The average Bonchev–Trinajstić information content (AvgIpc) is 2.95. The van der Waals surface area contributed by atoms with Crippen molar-refractivity contribution < 1.29 is 9.18 Å². The van der Waals surface area contributed by atoms with Gasteiger partial charge in [-0.25, -0.2) is 9.18 Å². The Kier molecular flexibility index (Phi) is 7.35. The number of aromatic nitrogens is 2. The highest BCUT2D eigenvalue weighted by atomic mass is 19.1. The van der Waals surface area contributed by atoms with Gasteiger partial charge in [0.05, 0.1) is 17.6 Å². The second-order valence-electron chi connectivity index (χ2n) is 9.16. The second kappa shape index (κ2) is 11.2. The van der Waals surface area contributed by atoms with Crippen LogP contribution in [0.1, 0.15) is 11.1 Å². The molecule has 0 bridgehead atoms. The molecular weight excluding hydrogens is 483 g/mol. The van der Waals surface area contributed by atoms with Crippen LogP contribution < -0.4 is 21.1 Å². The van der Waals surface area contributed by atoms with Gasteiger partial charge in [-0.2, -0.15) is 9.78 Å². The van der Waals surface area contributed by atoms with Crippen LogP contribution in [0.2, 0.25) is 0 Å². The largest absolute Gasteiger partial charge is 0.375 e. The third-order valence-corrected chi connectivity index (χ3v) is 6.59. The summed E-state index contributed by atoms with van der Waals surface area (Å²) in [6.45, 7) is 4.14. The van der Waals surface area contributed by atoms with Crippen LogP contribution in [0, 0.1) is 12.7 Å². The van der Waals surface area contributed by atoms with Crippen LogP contribution in [-0.4, -0.2) is 46.9 Å². The van der Waals surface area contributed by atoms with Crippen LogP contribution in [0.5, 0.6) is 0 Å². The summed E-state index contributed by atoms with van der Waals surface area (Å²) in [7, 11) is 0. The highest BCUT2D eigenvalue weighted by Crippen LogP contribution is 2.24. The Bertz CT molecular complexity index is 1470. The van der Waals surface area contributed by atoms with Crippen molar-refractivity contribution >= 4 is 23.1 Å². The molecule has 194 valence electrons. The van der Waals surface area contributed by atoms with Crippen LogP contribution in [0.15, 0.2) is 89.9 Å². The molecule has 0 radical (unpaired) electrons. The molecule has 0 spiro atoms. The normalized spacial score (nSPS) is 13.3. The van der Waals surface area contributed by atoms with Crippen molar-refractivity contribution in [3.05, 3.63) is 112 Å². The van der Waals surface area contributed by atoms with E-state index in [1.165, 1.54) is 10.7 Å².